The van der Waals surface area contributed by atoms with E-state index < -0.39 is 0 Å². The number of carbonyl (C=O) groups excluding carboxylic acids is 1. The van der Waals surface area contributed by atoms with Crippen molar-refractivity contribution in [2.75, 3.05) is 6.54 Å². The van der Waals surface area contributed by atoms with Crippen molar-refractivity contribution in [3.63, 3.8) is 0 Å². The summed E-state index contributed by atoms with van der Waals surface area (Å²) in [5, 5.41) is 2.04. The molecule has 2 aromatic rings. The lowest BCUT2D eigenvalue weighted by molar-refractivity contribution is -0.134. The quantitative estimate of drug-likeness (QED) is 0.855. The summed E-state index contributed by atoms with van der Waals surface area (Å²) in [5.41, 5.74) is 9.09. The summed E-state index contributed by atoms with van der Waals surface area (Å²) in [4.78, 5) is 15.0. The average molecular weight is 378 g/mol. The van der Waals surface area contributed by atoms with E-state index in [0.717, 1.165) is 12.2 Å². The normalized spacial score (nSPS) is 21.0. The monoisotopic (exact) mass is 377 g/mol. The zero-order valence-electron chi connectivity index (χ0n) is 17.6. The van der Waals surface area contributed by atoms with Crippen LogP contribution >= 0.6 is 0 Å². The maximum absolute atomic E-state index is 13.0. The summed E-state index contributed by atoms with van der Waals surface area (Å²) in [6.45, 7) is 11.7. The van der Waals surface area contributed by atoms with E-state index in [0.29, 0.717) is 6.54 Å². The number of rotatable bonds is 3. The summed E-state index contributed by atoms with van der Waals surface area (Å²) in [6, 6.07) is 17.2. The molecule has 1 saturated heterocycles. The van der Waals surface area contributed by atoms with Gasteiger partial charge in [-0.25, -0.2) is 5.43 Å². The Morgan fingerprint density at radius 3 is 2.43 bits per heavy atom. The Labute approximate surface area is 168 Å². The summed E-state index contributed by atoms with van der Waals surface area (Å²) in [6.07, 6.45) is 2.06. The second kappa shape index (κ2) is 8.61. The highest BCUT2D eigenvalue weighted by atomic mass is 16.2. The number of hydrogen-bond donors (Lipinski definition) is 1. The molecule has 2 aliphatic rings. The summed E-state index contributed by atoms with van der Waals surface area (Å²) >= 11 is 0. The van der Waals surface area contributed by atoms with E-state index in [2.05, 4.69) is 80.8 Å². The summed E-state index contributed by atoms with van der Waals surface area (Å²) in [5.74, 6) is 0.103. The first kappa shape index (κ1) is 20.2. The minimum atomic E-state index is 0.0518. The molecule has 2 heterocycles. The molecular weight excluding hydrogens is 346 g/mol. The van der Waals surface area contributed by atoms with Gasteiger partial charge in [-0.05, 0) is 38.0 Å². The van der Waals surface area contributed by atoms with Gasteiger partial charge in [0.1, 0.15) is 5.70 Å². The molecule has 0 aromatic heterocycles. The molecule has 1 fully saturated rings. The average Bonchev–Trinajstić information content (AvgIpc) is 3.14. The molecule has 28 heavy (non-hydrogen) atoms. The summed E-state index contributed by atoms with van der Waals surface area (Å²) in [7, 11) is 0. The molecule has 1 N–H and O–H groups in total. The van der Waals surface area contributed by atoms with E-state index in [1.165, 1.54) is 22.3 Å². The van der Waals surface area contributed by atoms with E-state index in [4.69, 9.17) is 0 Å². The number of carbonyl (C=O) groups is 1. The number of hydrogen-bond acceptors (Lipinski definition) is 3. The second-order valence-corrected chi connectivity index (χ2v) is 7.46. The Kier molecular flexibility index (Phi) is 6.20. The van der Waals surface area contributed by atoms with Gasteiger partial charge in [0, 0.05) is 13.1 Å². The third kappa shape index (κ3) is 4.12. The lowest BCUT2D eigenvalue weighted by atomic mass is 10.0. The van der Waals surface area contributed by atoms with Crippen molar-refractivity contribution in [1.29, 1.82) is 0 Å². The van der Waals surface area contributed by atoms with Crippen molar-refractivity contribution >= 4 is 5.91 Å². The highest BCUT2D eigenvalue weighted by Crippen LogP contribution is 2.31. The lowest BCUT2D eigenvalue weighted by Gasteiger charge is -2.40. The third-order valence-electron chi connectivity index (χ3n) is 5.19. The molecule has 0 saturated carbocycles. The molecule has 0 radical (unpaired) electrons. The first-order valence-electron chi connectivity index (χ1n) is 10.2. The van der Waals surface area contributed by atoms with Gasteiger partial charge in [0.2, 0.25) is 0 Å². The van der Waals surface area contributed by atoms with Gasteiger partial charge in [0.25, 0.3) is 5.91 Å². The first-order chi connectivity index (χ1) is 13.5. The number of nitrogens with one attached hydrogen (secondary N) is 1. The second-order valence-electron chi connectivity index (χ2n) is 7.46. The molecule has 4 nitrogen and oxygen atoms in total. The van der Waals surface area contributed by atoms with Gasteiger partial charge in [0.05, 0.1) is 12.1 Å². The number of hydrazine groups is 1. The van der Waals surface area contributed by atoms with Crippen molar-refractivity contribution in [1.82, 2.24) is 15.3 Å². The first-order valence-corrected chi connectivity index (χ1v) is 10.2. The Morgan fingerprint density at radius 2 is 1.75 bits per heavy atom. The van der Waals surface area contributed by atoms with Crippen molar-refractivity contribution in [3.05, 3.63) is 82.6 Å². The van der Waals surface area contributed by atoms with Crippen LogP contribution in [0.4, 0.5) is 0 Å². The molecular formula is C24H31N3O. The smallest absolute Gasteiger partial charge is 0.271 e. The van der Waals surface area contributed by atoms with Gasteiger partial charge in [-0.2, -0.15) is 0 Å². The van der Waals surface area contributed by atoms with Crippen LogP contribution in [0, 0.1) is 13.8 Å². The van der Waals surface area contributed by atoms with Crippen LogP contribution in [-0.2, 0) is 11.3 Å². The topological polar surface area (TPSA) is 35.6 Å². The molecule has 148 valence electrons. The molecule has 2 aromatic carbocycles. The van der Waals surface area contributed by atoms with E-state index in [1.54, 1.807) is 0 Å². The van der Waals surface area contributed by atoms with Gasteiger partial charge in [-0.15, -0.1) is 0 Å². The largest absolute Gasteiger partial charge is 0.331 e. The van der Waals surface area contributed by atoms with Crippen LogP contribution in [0.2, 0.25) is 0 Å². The van der Waals surface area contributed by atoms with Crippen LogP contribution in [0.3, 0.4) is 0 Å². The summed E-state index contributed by atoms with van der Waals surface area (Å²) < 4.78 is 0. The van der Waals surface area contributed by atoms with Crippen molar-refractivity contribution in [3.8, 4) is 0 Å². The fourth-order valence-corrected chi connectivity index (χ4v) is 3.79. The van der Waals surface area contributed by atoms with E-state index >= 15 is 0 Å². The van der Waals surface area contributed by atoms with E-state index in [9.17, 15) is 4.79 Å². The van der Waals surface area contributed by atoms with Gasteiger partial charge in [-0.1, -0.05) is 73.5 Å². The SMILES string of the molecule is CC.Cc1ccc(C2C=C3C(=O)N(Cc4cccc(C)c4)CC(C)N3N2)cc1. The van der Waals surface area contributed by atoms with Crippen LogP contribution in [0.1, 0.15) is 49.1 Å². The molecule has 0 bridgehead atoms. The Morgan fingerprint density at radius 1 is 1.04 bits per heavy atom. The van der Waals surface area contributed by atoms with E-state index in [1.807, 2.05) is 23.8 Å². The fourth-order valence-electron chi connectivity index (χ4n) is 3.79. The maximum atomic E-state index is 13.0. The Hall–Kier alpha value is -2.59. The van der Waals surface area contributed by atoms with Crippen LogP contribution in [0.15, 0.2) is 60.3 Å². The lowest BCUT2D eigenvalue weighted by Crippen LogP contribution is -2.55. The molecule has 0 aliphatic carbocycles. The Balaban J connectivity index is 0.00000109. The standard InChI is InChI=1S/C22H25N3O.C2H6/c1-15-7-9-19(10-8-15)20-12-21-22(26)24(13-17(3)25(21)23-20)14-18-6-4-5-16(2)11-18;1-2/h4-12,17,20,23H,13-14H2,1-3H3;1-2H3. The number of benzene rings is 2. The minimum absolute atomic E-state index is 0.0518. The van der Waals surface area contributed by atoms with Crippen LogP contribution in [-0.4, -0.2) is 28.4 Å². The predicted octanol–water partition coefficient (Wildman–Crippen LogP) is 4.51. The van der Waals surface area contributed by atoms with Crippen molar-refractivity contribution in [2.24, 2.45) is 0 Å². The van der Waals surface area contributed by atoms with Gasteiger partial charge >= 0.3 is 0 Å². The third-order valence-corrected chi connectivity index (χ3v) is 5.19. The number of fused-ring (bicyclic) bond motifs is 1. The fraction of sp³-hybridized carbons (Fsp3) is 0.375. The van der Waals surface area contributed by atoms with E-state index in [-0.39, 0.29) is 18.0 Å². The highest BCUT2D eigenvalue weighted by molar-refractivity contribution is 5.94. The molecule has 2 unspecified atom stereocenters. The van der Waals surface area contributed by atoms with Crippen molar-refractivity contribution in [2.45, 2.75) is 53.2 Å². The van der Waals surface area contributed by atoms with Gasteiger partial charge < -0.3 is 4.90 Å². The number of piperazine rings is 1. The predicted molar refractivity (Wildman–Crippen MR) is 114 cm³/mol. The molecule has 4 rings (SSSR count). The molecule has 1 amide bonds. The number of amides is 1. The van der Waals surface area contributed by atoms with Crippen molar-refractivity contribution < 1.29 is 4.79 Å². The van der Waals surface area contributed by atoms with Crippen LogP contribution in [0.25, 0.3) is 0 Å². The minimum Gasteiger partial charge on any atom is -0.331 e. The molecule has 4 heteroatoms. The Bertz CT molecular complexity index is 856. The van der Waals surface area contributed by atoms with Gasteiger partial charge in [0.15, 0.2) is 0 Å². The van der Waals surface area contributed by atoms with Crippen LogP contribution in [0.5, 0.6) is 0 Å². The van der Waals surface area contributed by atoms with Crippen LogP contribution < -0.4 is 5.43 Å². The maximum Gasteiger partial charge on any atom is 0.271 e. The highest BCUT2D eigenvalue weighted by Gasteiger charge is 2.38. The van der Waals surface area contributed by atoms with Gasteiger partial charge in [-0.3, -0.25) is 9.80 Å². The number of nitrogens with zero attached hydrogens (tertiary/aromatic N) is 2. The molecule has 0 spiro atoms. The zero-order valence-corrected chi connectivity index (χ0v) is 17.6. The molecule has 2 atom stereocenters. The zero-order chi connectivity index (χ0) is 20.3. The number of aryl methyl sites for hydroxylation is 2. The molecule has 2 aliphatic heterocycles.